The number of nitrogens with zero attached hydrogens (tertiary/aromatic N) is 5. The molecule has 4 rings (SSSR count). The first kappa shape index (κ1) is 25.6. The normalized spacial score (nSPS) is 13.8. The van der Waals surface area contributed by atoms with Gasteiger partial charge in [-0.1, -0.05) is 11.3 Å². The lowest BCUT2D eigenvalue weighted by molar-refractivity contribution is -0.384. The number of fused-ring (bicyclic) bond motifs is 1. The van der Waals surface area contributed by atoms with E-state index in [-0.39, 0.29) is 17.2 Å². The lowest BCUT2D eigenvalue weighted by atomic mass is 10.1. The standard InChI is InChI=1S/C24H29N5O6S/c1-26(2)9-10-28(24-25-21-19(33-3)7-8-20(34-4)22(21)36-24)23(30)16-5-6-17(18(15-16)29(31)32)27-11-13-35-14-12-27/h5-8,15H,9-14H2,1-4H3. The van der Waals surface area contributed by atoms with Crippen LogP contribution in [0.2, 0.25) is 0 Å². The highest BCUT2D eigenvalue weighted by Crippen LogP contribution is 2.40. The van der Waals surface area contributed by atoms with Crippen LogP contribution in [0.3, 0.4) is 0 Å². The molecule has 2 aromatic carbocycles. The number of hydrogen-bond donors (Lipinski definition) is 0. The third-order valence-electron chi connectivity index (χ3n) is 5.92. The second kappa shape index (κ2) is 11.1. The molecule has 0 saturated carbocycles. The molecule has 11 nitrogen and oxygen atoms in total. The Labute approximate surface area is 212 Å². The second-order valence-electron chi connectivity index (χ2n) is 8.46. The van der Waals surface area contributed by atoms with Crippen LogP contribution in [0.5, 0.6) is 11.5 Å². The highest BCUT2D eigenvalue weighted by atomic mass is 32.1. The Bertz CT molecular complexity index is 1220. The number of nitro benzene ring substituents is 1. The predicted molar refractivity (Wildman–Crippen MR) is 139 cm³/mol. The Morgan fingerprint density at radius 1 is 1.14 bits per heavy atom. The smallest absolute Gasteiger partial charge is 0.293 e. The molecule has 0 radical (unpaired) electrons. The SMILES string of the molecule is COc1ccc(OC)c2sc(N(CCN(C)C)C(=O)c3ccc(N4CCOCC4)c([N+](=O)[O-])c3)nc12. The third kappa shape index (κ3) is 5.20. The van der Waals surface area contributed by atoms with Gasteiger partial charge in [0.15, 0.2) is 5.13 Å². The van der Waals surface area contributed by atoms with Gasteiger partial charge in [-0.25, -0.2) is 4.98 Å². The van der Waals surface area contributed by atoms with Gasteiger partial charge in [-0.2, -0.15) is 0 Å². The van der Waals surface area contributed by atoms with Crippen LogP contribution in [0.4, 0.5) is 16.5 Å². The minimum absolute atomic E-state index is 0.108. The fraction of sp³-hybridized carbons (Fsp3) is 0.417. The zero-order chi connectivity index (χ0) is 25.8. The van der Waals surface area contributed by atoms with Crippen molar-refractivity contribution < 1.29 is 23.9 Å². The van der Waals surface area contributed by atoms with Crippen LogP contribution in [0.25, 0.3) is 10.2 Å². The first-order valence-corrected chi connectivity index (χ1v) is 12.2. The van der Waals surface area contributed by atoms with Crippen LogP contribution in [-0.4, -0.2) is 88.4 Å². The average Bonchev–Trinajstić information content (AvgIpc) is 3.33. The maximum atomic E-state index is 13.8. The number of thiazole rings is 1. The van der Waals surface area contributed by atoms with Crippen LogP contribution in [-0.2, 0) is 4.74 Å². The molecule has 36 heavy (non-hydrogen) atoms. The second-order valence-corrected chi connectivity index (χ2v) is 9.44. The summed E-state index contributed by atoms with van der Waals surface area (Å²) in [4.78, 5) is 35.4. The Morgan fingerprint density at radius 3 is 2.47 bits per heavy atom. The molecule has 0 aliphatic carbocycles. The molecule has 1 aliphatic heterocycles. The molecular formula is C24H29N5O6S. The summed E-state index contributed by atoms with van der Waals surface area (Å²) >= 11 is 1.31. The molecule has 12 heteroatoms. The molecule has 0 unspecified atom stereocenters. The number of hydrogen-bond acceptors (Lipinski definition) is 10. The van der Waals surface area contributed by atoms with E-state index in [1.54, 1.807) is 43.4 Å². The molecule has 0 bridgehead atoms. The summed E-state index contributed by atoms with van der Waals surface area (Å²) in [6.07, 6.45) is 0. The number of carbonyl (C=O) groups excluding carboxylic acids is 1. The van der Waals surface area contributed by atoms with Crippen molar-refractivity contribution in [1.29, 1.82) is 0 Å². The summed E-state index contributed by atoms with van der Waals surface area (Å²) in [5, 5.41) is 12.4. The number of nitro groups is 1. The molecule has 0 atom stereocenters. The van der Waals surface area contributed by atoms with E-state index in [1.807, 2.05) is 23.9 Å². The maximum Gasteiger partial charge on any atom is 0.293 e. The Balaban J connectivity index is 1.75. The first-order chi connectivity index (χ1) is 17.3. The number of carbonyl (C=O) groups is 1. The van der Waals surface area contributed by atoms with E-state index in [0.29, 0.717) is 67.2 Å². The van der Waals surface area contributed by atoms with Crippen molar-refractivity contribution in [3.63, 3.8) is 0 Å². The van der Waals surface area contributed by atoms with E-state index in [0.717, 1.165) is 4.70 Å². The van der Waals surface area contributed by atoms with Crippen molar-refractivity contribution in [1.82, 2.24) is 9.88 Å². The largest absolute Gasteiger partial charge is 0.495 e. The fourth-order valence-corrected chi connectivity index (χ4v) is 5.10. The molecule has 0 spiro atoms. The summed E-state index contributed by atoms with van der Waals surface area (Å²) in [6.45, 7) is 3.03. The van der Waals surface area contributed by atoms with Gasteiger partial charge >= 0.3 is 0 Å². The molecule has 1 aromatic heterocycles. The highest BCUT2D eigenvalue weighted by Gasteiger charge is 2.28. The zero-order valence-electron chi connectivity index (χ0n) is 20.7. The number of likely N-dealkylation sites (N-methyl/N-ethyl adjacent to an activating group) is 1. The Kier molecular flexibility index (Phi) is 7.87. The summed E-state index contributed by atoms with van der Waals surface area (Å²) in [6, 6.07) is 8.19. The van der Waals surface area contributed by atoms with Crippen LogP contribution in [0.1, 0.15) is 10.4 Å². The number of rotatable bonds is 9. The predicted octanol–water partition coefficient (Wildman–Crippen LogP) is 3.27. The lowest BCUT2D eigenvalue weighted by Crippen LogP contribution is -2.37. The fourth-order valence-electron chi connectivity index (χ4n) is 4.00. The van der Waals surface area contributed by atoms with E-state index < -0.39 is 4.92 Å². The third-order valence-corrected chi connectivity index (χ3v) is 7.01. The van der Waals surface area contributed by atoms with Gasteiger partial charge in [-0.05, 0) is 38.4 Å². The number of benzene rings is 2. The van der Waals surface area contributed by atoms with Gasteiger partial charge in [0.25, 0.3) is 11.6 Å². The maximum absolute atomic E-state index is 13.8. The van der Waals surface area contributed by atoms with Gasteiger partial charge in [0.05, 0.1) is 32.4 Å². The Morgan fingerprint density at radius 2 is 1.83 bits per heavy atom. The van der Waals surface area contributed by atoms with Gasteiger partial charge < -0.3 is 24.0 Å². The highest BCUT2D eigenvalue weighted by molar-refractivity contribution is 7.22. The van der Waals surface area contributed by atoms with Crippen molar-refractivity contribution in [2.45, 2.75) is 0 Å². The monoisotopic (exact) mass is 515 g/mol. The van der Waals surface area contributed by atoms with Crippen molar-refractivity contribution in [2.75, 3.05) is 77.5 Å². The number of aromatic nitrogens is 1. The van der Waals surface area contributed by atoms with Crippen molar-refractivity contribution >= 4 is 44.0 Å². The number of ether oxygens (including phenoxy) is 3. The minimum Gasteiger partial charge on any atom is -0.495 e. The summed E-state index contributed by atoms with van der Waals surface area (Å²) in [5.74, 6) is 0.823. The van der Waals surface area contributed by atoms with Crippen LogP contribution < -0.4 is 19.3 Å². The lowest BCUT2D eigenvalue weighted by Gasteiger charge is -2.28. The van der Waals surface area contributed by atoms with Crippen molar-refractivity contribution in [2.24, 2.45) is 0 Å². The quantitative estimate of drug-likeness (QED) is 0.313. The van der Waals surface area contributed by atoms with E-state index in [2.05, 4.69) is 0 Å². The topological polar surface area (TPSA) is 111 Å². The van der Waals surface area contributed by atoms with Gasteiger partial charge in [-0.3, -0.25) is 19.8 Å². The van der Waals surface area contributed by atoms with E-state index in [1.165, 1.54) is 17.4 Å². The zero-order valence-corrected chi connectivity index (χ0v) is 21.5. The Hall–Kier alpha value is -3.48. The van der Waals surface area contributed by atoms with Crippen LogP contribution >= 0.6 is 11.3 Å². The van der Waals surface area contributed by atoms with Gasteiger partial charge in [-0.15, -0.1) is 0 Å². The molecule has 1 aliphatic rings. The summed E-state index contributed by atoms with van der Waals surface area (Å²) in [7, 11) is 6.96. The van der Waals surface area contributed by atoms with Gasteiger partial charge in [0.2, 0.25) is 0 Å². The van der Waals surface area contributed by atoms with E-state index in [4.69, 9.17) is 19.2 Å². The number of methoxy groups -OCH3 is 2. The molecule has 1 saturated heterocycles. The van der Waals surface area contributed by atoms with Crippen molar-refractivity contribution in [3.8, 4) is 11.5 Å². The van der Waals surface area contributed by atoms with Crippen LogP contribution in [0, 0.1) is 10.1 Å². The number of morpholine rings is 1. The van der Waals surface area contributed by atoms with E-state index in [9.17, 15) is 14.9 Å². The molecule has 2 heterocycles. The number of amides is 1. The average molecular weight is 516 g/mol. The summed E-state index contributed by atoms with van der Waals surface area (Å²) in [5.41, 5.74) is 1.18. The van der Waals surface area contributed by atoms with Gasteiger partial charge in [0, 0.05) is 37.8 Å². The molecular weight excluding hydrogens is 486 g/mol. The van der Waals surface area contributed by atoms with Crippen molar-refractivity contribution in [3.05, 3.63) is 46.0 Å². The molecule has 3 aromatic rings. The summed E-state index contributed by atoms with van der Waals surface area (Å²) < 4.78 is 17.1. The molecule has 1 fully saturated rings. The molecule has 1 amide bonds. The van der Waals surface area contributed by atoms with Gasteiger partial charge in [0.1, 0.15) is 27.4 Å². The molecule has 0 N–H and O–H groups in total. The van der Waals surface area contributed by atoms with Crippen LogP contribution in [0.15, 0.2) is 30.3 Å². The van der Waals surface area contributed by atoms with E-state index >= 15 is 0 Å². The minimum atomic E-state index is -0.445. The molecule has 192 valence electrons. The number of anilines is 2. The first-order valence-electron chi connectivity index (χ1n) is 11.4.